The quantitative estimate of drug-likeness (QED) is 0.260. The van der Waals surface area contributed by atoms with Crippen molar-refractivity contribution in [2.45, 2.75) is 61.3 Å². The van der Waals surface area contributed by atoms with E-state index in [0.717, 1.165) is 0 Å². The summed E-state index contributed by atoms with van der Waals surface area (Å²) >= 11 is 12.2. The fourth-order valence-corrected chi connectivity index (χ4v) is 7.79. The van der Waals surface area contributed by atoms with E-state index < -0.39 is 56.6 Å². The molecule has 0 aromatic heterocycles. The zero-order valence-corrected chi connectivity index (χ0v) is 28.3. The largest absolute Gasteiger partial charge is 0.480 e. The minimum Gasteiger partial charge on any atom is -0.480 e. The first kappa shape index (κ1) is 35.7. The maximum absolute atomic E-state index is 14.1. The van der Waals surface area contributed by atoms with E-state index in [4.69, 9.17) is 27.9 Å². The van der Waals surface area contributed by atoms with Crippen LogP contribution in [0.4, 0.5) is 10.5 Å². The van der Waals surface area contributed by atoms with Crippen LogP contribution >= 0.6 is 23.2 Å². The molecule has 0 spiro atoms. The van der Waals surface area contributed by atoms with Gasteiger partial charge in [0, 0.05) is 18.7 Å². The number of amides is 3. The van der Waals surface area contributed by atoms with Crippen molar-refractivity contribution in [3.8, 4) is 0 Å². The minimum atomic E-state index is -4.44. The molecule has 4 rings (SSSR count). The molecule has 3 N–H and O–H groups in total. The van der Waals surface area contributed by atoms with Crippen LogP contribution in [-0.2, 0) is 30.6 Å². The van der Waals surface area contributed by atoms with E-state index in [9.17, 15) is 32.7 Å². The molecule has 0 radical (unpaired) electrons. The molecule has 2 atom stereocenters. The Balaban J connectivity index is 1.58. The van der Waals surface area contributed by atoms with Gasteiger partial charge in [0.15, 0.2) is 14.6 Å². The second-order valence-corrected chi connectivity index (χ2v) is 15.2. The van der Waals surface area contributed by atoms with Gasteiger partial charge in [-0.3, -0.25) is 9.59 Å². The zero-order valence-electron chi connectivity index (χ0n) is 26.0. The Kier molecular flexibility index (Phi) is 10.9. The molecule has 3 aromatic carbocycles. The van der Waals surface area contributed by atoms with E-state index in [2.05, 4.69) is 10.6 Å². The number of likely N-dealkylation sites (tertiary alicyclic amines) is 1. The lowest BCUT2D eigenvalue weighted by Gasteiger charge is -2.41. The predicted octanol–water partition coefficient (Wildman–Crippen LogP) is 5.60. The number of carboxylic acid groups (broad SMARTS) is 1. The fraction of sp³-hybridized carbons (Fsp3) is 0.333. The SMILES string of the molecule is CC(C)(C)OC(=O)N1CCCC(C(=O)N[C@@H](Cc2ccc(NC(=O)c3c(Cl)cccc3Cl)cc2)C(=O)O)(S(=O)(=O)c2ccccc2)C1. The standard InChI is InChI=1S/C33H35Cl2N3O8S/c1-32(2,3)46-31(43)38-18-8-17-33(20-38,47(44,45)23-9-5-4-6-10-23)30(42)37-26(29(40)41)19-21-13-15-22(16-14-21)36-28(39)27-24(34)11-7-12-25(27)35/h4-7,9-16,26H,8,17-20H2,1-3H3,(H,36,39)(H,37,42)(H,40,41)/t26-,33?/m0/s1. The Morgan fingerprint density at radius 1 is 0.957 bits per heavy atom. The zero-order chi connectivity index (χ0) is 34.6. The van der Waals surface area contributed by atoms with Crippen LogP contribution in [0.3, 0.4) is 0 Å². The molecule has 11 nitrogen and oxygen atoms in total. The maximum Gasteiger partial charge on any atom is 0.410 e. The Morgan fingerprint density at radius 2 is 1.57 bits per heavy atom. The van der Waals surface area contributed by atoms with Gasteiger partial charge in [0.1, 0.15) is 11.6 Å². The highest BCUT2D eigenvalue weighted by atomic mass is 35.5. The lowest BCUT2D eigenvalue weighted by atomic mass is 9.95. The summed E-state index contributed by atoms with van der Waals surface area (Å²) in [4.78, 5) is 53.2. The molecule has 0 saturated carbocycles. The number of anilines is 1. The van der Waals surface area contributed by atoms with Gasteiger partial charge in [-0.15, -0.1) is 0 Å². The Morgan fingerprint density at radius 3 is 2.15 bits per heavy atom. The molecule has 250 valence electrons. The molecular weight excluding hydrogens is 669 g/mol. The summed E-state index contributed by atoms with van der Waals surface area (Å²) in [6.45, 7) is 4.63. The third-order valence-corrected chi connectivity index (χ3v) is 10.6. The number of hydrogen-bond acceptors (Lipinski definition) is 7. The number of nitrogens with zero attached hydrogens (tertiary/aromatic N) is 1. The second kappa shape index (κ2) is 14.3. The van der Waals surface area contributed by atoms with E-state index in [0.29, 0.717) is 11.3 Å². The van der Waals surface area contributed by atoms with Crippen LogP contribution < -0.4 is 10.6 Å². The van der Waals surface area contributed by atoms with Crippen LogP contribution in [0.25, 0.3) is 0 Å². The van der Waals surface area contributed by atoms with Crippen molar-refractivity contribution in [2.75, 3.05) is 18.4 Å². The Bertz CT molecular complexity index is 1740. The minimum absolute atomic E-state index is 0.0981. The highest BCUT2D eigenvalue weighted by Gasteiger charge is 2.55. The van der Waals surface area contributed by atoms with Crippen molar-refractivity contribution in [3.05, 3.63) is 94.0 Å². The molecule has 3 amide bonds. The number of piperidine rings is 1. The number of aliphatic carboxylic acids is 1. The molecule has 14 heteroatoms. The summed E-state index contributed by atoms with van der Waals surface area (Å²) in [6, 6.07) is 16.7. The number of carbonyl (C=O) groups is 4. The van der Waals surface area contributed by atoms with Crippen molar-refractivity contribution >= 4 is 62.6 Å². The second-order valence-electron chi connectivity index (χ2n) is 12.1. The first-order valence-electron chi connectivity index (χ1n) is 14.7. The summed E-state index contributed by atoms with van der Waals surface area (Å²) < 4.78 is 31.6. The number of hydrogen-bond donors (Lipinski definition) is 3. The maximum atomic E-state index is 14.1. The van der Waals surface area contributed by atoms with Crippen LogP contribution in [-0.4, -0.2) is 71.8 Å². The molecule has 1 unspecified atom stereocenters. The van der Waals surface area contributed by atoms with Crippen LogP contribution in [0.1, 0.15) is 49.5 Å². The summed E-state index contributed by atoms with van der Waals surface area (Å²) in [5.41, 5.74) is 0.0842. The van der Waals surface area contributed by atoms with E-state index in [1.165, 1.54) is 41.3 Å². The van der Waals surface area contributed by atoms with Crippen molar-refractivity contribution in [1.82, 2.24) is 10.2 Å². The number of halogens is 2. The van der Waals surface area contributed by atoms with Gasteiger partial charge >= 0.3 is 12.1 Å². The van der Waals surface area contributed by atoms with Gasteiger partial charge in [-0.2, -0.15) is 0 Å². The first-order valence-corrected chi connectivity index (χ1v) is 16.9. The topological polar surface area (TPSA) is 159 Å². The van der Waals surface area contributed by atoms with Gasteiger partial charge in [-0.25, -0.2) is 18.0 Å². The van der Waals surface area contributed by atoms with Gasteiger partial charge < -0.3 is 25.4 Å². The summed E-state index contributed by atoms with van der Waals surface area (Å²) in [5.74, 6) is -2.97. The van der Waals surface area contributed by atoms with Gasteiger partial charge in [-0.05, 0) is 75.6 Å². The number of carboxylic acids is 1. The molecule has 47 heavy (non-hydrogen) atoms. The summed E-state index contributed by atoms with van der Waals surface area (Å²) in [7, 11) is -4.44. The third-order valence-electron chi connectivity index (χ3n) is 7.53. The number of benzene rings is 3. The normalized spacial score (nSPS) is 17.3. The first-order chi connectivity index (χ1) is 22.0. The van der Waals surface area contributed by atoms with Crippen LogP contribution in [0.15, 0.2) is 77.7 Å². The average molecular weight is 705 g/mol. The fourth-order valence-electron chi connectivity index (χ4n) is 5.21. The Hall–Kier alpha value is -4.13. The van der Waals surface area contributed by atoms with E-state index in [1.54, 1.807) is 57.2 Å². The van der Waals surface area contributed by atoms with Crippen LogP contribution in [0.5, 0.6) is 0 Å². The smallest absolute Gasteiger partial charge is 0.410 e. The van der Waals surface area contributed by atoms with Crippen molar-refractivity contribution < 1.29 is 37.4 Å². The van der Waals surface area contributed by atoms with Gasteiger partial charge in [0.25, 0.3) is 5.91 Å². The van der Waals surface area contributed by atoms with Crippen molar-refractivity contribution in [2.24, 2.45) is 0 Å². The number of nitrogens with one attached hydrogen (secondary N) is 2. The molecular formula is C33H35Cl2N3O8S. The lowest BCUT2D eigenvalue weighted by Crippen LogP contribution is -2.64. The van der Waals surface area contributed by atoms with E-state index in [-0.39, 0.29) is 46.3 Å². The molecule has 1 saturated heterocycles. The molecule has 3 aromatic rings. The monoisotopic (exact) mass is 703 g/mol. The van der Waals surface area contributed by atoms with Crippen LogP contribution in [0, 0.1) is 0 Å². The lowest BCUT2D eigenvalue weighted by molar-refractivity contribution is -0.142. The summed E-state index contributed by atoms with van der Waals surface area (Å²) in [6.07, 6.45) is -0.978. The number of ether oxygens (including phenoxy) is 1. The molecule has 0 aliphatic carbocycles. The number of rotatable bonds is 9. The highest BCUT2D eigenvalue weighted by molar-refractivity contribution is 7.93. The van der Waals surface area contributed by atoms with Gasteiger partial charge in [0.2, 0.25) is 5.91 Å². The van der Waals surface area contributed by atoms with Gasteiger partial charge in [0.05, 0.1) is 27.0 Å². The average Bonchev–Trinajstić information content (AvgIpc) is 3.01. The Labute approximate surface area is 283 Å². The van der Waals surface area contributed by atoms with E-state index in [1.807, 2.05) is 0 Å². The predicted molar refractivity (Wildman–Crippen MR) is 178 cm³/mol. The molecule has 0 bridgehead atoms. The van der Waals surface area contributed by atoms with Crippen LogP contribution in [0.2, 0.25) is 10.0 Å². The third kappa shape index (κ3) is 8.24. The number of sulfone groups is 1. The molecule has 1 aliphatic rings. The molecule has 1 heterocycles. The molecule has 1 fully saturated rings. The van der Waals surface area contributed by atoms with E-state index >= 15 is 0 Å². The number of carbonyl (C=O) groups excluding carboxylic acids is 3. The van der Waals surface area contributed by atoms with Crippen molar-refractivity contribution in [3.63, 3.8) is 0 Å². The van der Waals surface area contributed by atoms with Crippen molar-refractivity contribution in [1.29, 1.82) is 0 Å². The highest BCUT2D eigenvalue weighted by Crippen LogP contribution is 2.36. The molecule has 1 aliphatic heterocycles. The van der Waals surface area contributed by atoms with Gasteiger partial charge in [-0.1, -0.05) is 59.6 Å². The summed E-state index contributed by atoms with van der Waals surface area (Å²) in [5, 5.41) is 15.5.